The van der Waals surface area contributed by atoms with Crippen molar-refractivity contribution in [2.75, 3.05) is 24.7 Å². The van der Waals surface area contributed by atoms with Crippen LogP contribution in [-0.4, -0.2) is 104 Å². The highest BCUT2D eigenvalue weighted by atomic mass is 31.2. The van der Waals surface area contributed by atoms with E-state index in [0.717, 1.165) is 0 Å². The van der Waals surface area contributed by atoms with E-state index in [-0.39, 0.29) is 47.1 Å². The summed E-state index contributed by atoms with van der Waals surface area (Å²) < 4.78 is 44.5. The number of aliphatic hydroxyl groups is 2. The van der Waals surface area contributed by atoms with Gasteiger partial charge in [-0.2, -0.15) is 4.98 Å². The molecule has 8 N–H and O–H groups in total. The van der Waals surface area contributed by atoms with Crippen molar-refractivity contribution in [2.45, 2.75) is 55.5 Å². The van der Waals surface area contributed by atoms with Crippen LogP contribution in [0.2, 0.25) is 0 Å². The Morgan fingerprint density at radius 3 is 2.50 bits per heavy atom. The number of aliphatic hydroxyl groups excluding tert-OH is 2. The topological polar surface area (TPSA) is 283 Å². The second-order valence-electron chi connectivity index (χ2n) is 9.99. The first-order chi connectivity index (χ1) is 20.1. The van der Waals surface area contributed by atoms with Gasteiger partial charge in [-0.05, 0) is 0 Å². The molecule has 0 aliphatic carbocycles. The zero-order chi connectivity index (χ0) is 29.3. The van der Waals surface area contributed by atoms with Crippen LogP contribution in [-0.2, 0) is 27.8 Å². The molecule has 0 aromatic carbocycles. The van der Waals surface area contributed by atoms with Crippen LogP contribution in [0.3, 0.4) is 0 Å². The third kappa shape index (κ3) is 4.53. The summed E-state index contributed by atoms with van der Waals surface area (Å²) in [6.07, 6.45) is -5.43. The molecule has 0 spiro atoms. The van der Waals surface area contributed by atoms with Crippen LogP contribution < -0.4 is 17.0 Å². The van der Waals surface area contributed by atoms with E-state index < -0.39 is 69.1 Å². The minimum Gasteiger partial charge on any atom is -0.388 e. The van der Waals surface area contributed by atoms with E-state index in [4.69, 9.17) is 34.7 Å². The Balaban J connectivity index is 1.17. The van der Waals surface area contributed by atoms with Gasteiger partial charge in [0.2, 0.25) is 5.95 Å². The number of imidazole rings is 2. The largest absolute Gasteiger partial charge is 0.472 e. The van der Waals surface area contributed by atoms with Crippen LogP contribution in [0.4, 0.5) is 11.8 Å². The van der Waals surface area contributed by atoms with Gasteiger partial charge >= 0.3 is 7.82 Å². The number of rotatable bonds is 2. The molecule has 9 atom stereocenters. The lowest BCUT2D eigenvalue weighted by Gasteiger charge is -2.25. The summed E-state index contributed by atoms with van der Waals surface area (Å²) in [5.74, 6) is -0.0540. The van der Waals surface area contributed by atoms with Crippen molar-refractivity contribution < 1.29 is 42.9 Å². The quantitative estimate of drug-likeness (QED) is 0.133. The molecule has 7 heterocycles. The highest BCUT2D eigenvalue weighted by molar-refractivity contribution is 7.47. The number of hydrogen-bond acceptors (Lipinski definition) is 16. The zero-order valence-electron chi connectivity index (χ0n) is 21.4. The van der Waals surface area contributed by atoms with Crippen molar-refractivity contribution in [1.29, 1.82) is 0 Å². The molecule has 0 radical (unpaired) electrons. The lowest BCUT2D eigenvalue weighted by molar-refractivity contribution is -0.117. The van der Waals surface area contributed by atoms with Gasteiger partial charge in [0, 0.05) is 6.42 Å². The third-order valence-corrected chi connectivity index (χ3v) is 8.36. The molecule has 3 aliphatic heterocycles. The van der Waals surface area contributed by atoms with Gasteiger partial charge in [-0.3, -0.25) is 28.0 Å². The molecular formula is C21H25N10O10P. The van der Waals surface area contributed by atoms with Crippen molar-refractivity contribution >= 4 is 41.9 Å². The Bertz CT molecular complexity index is 1760. The molecule has 3 aliphatic rings. The molecular weight excluding hydrogens is 583 g/mol. The second-order valence-corrected chi connectivity index (χ2v) is 11.4. The molecule has 4 aromatic rings. The molecule has 224 valence electrons. The Hall–Kier alpha value is -3.59. The first kappa shape index (κ1) is 27.3. The van der Waals surface area contributed by atoms with E-state index in [1.165, 1.54) is 28.1 Å². The normalized spacial score (nSPS) is 35.7. The SMILES string of the molecule is Nc1nc2c(ncn2C2OC3C[C@@H]2OP(=O)(O)OCC2OC(n4cnc5c(N)ncnc54)C(O)C2OCC3O)c(=O)[nH]1. The summed E-state index contributed by atoms with van der Waals surface area (Å²) in [6.45, 7) is -0.848. The summed E-state index contributed by atoms with van der Waals surface area (Å²) in [5, 5.41) is 22.2. The Labute approximate surface area is 233 Å². The number of ether oxygens (including phenoxy) is 3. The highest BCUT2D eigenvalue weighted by Gasteiger charge is 2.50. The highest BCUT2D eigenvalue weighted by Crippen LogP contribution is 2.50. The lowest BCUT2D eigenvalue weighted by Crippen LogP contribution is -2.41. The summed E-state index contributed by atoms with van der Waals surface area (Å²) >= 11 is 0. The first-order valence-electron chi connectivity index (χ1n) is 12.7. The van der Waals surface area contributed by atoms with Crippen LogP contribution in [0.5, 0.6) is 0 Å². The fourth-order valence-corrected chi connectivity index (χ4v) is 6.34. The summed E-state index contributed by atoms with van der Waals surface area (Å²) in [7, 11) is -4.80. The van der Waals surface area contributed by atoms with Gasteiger partial charge in [-0.15, -0.1) is 0 Å². The monoisotopic (exact) mass is 608 g/mol. The molecule has 42 heavy (non-hydrogen) atoms. The van der Waals surface area contributed by atoms with Crippen LogP contribution in [0.15, 0.2) is 23.8 Å². The fourth-order valence-electron chi connectivity index (χ4n) is 5.42. The maximum atomic E-state index is 13.1. The van der Waals surface area contributed by atoms with Gasteiger partial charge in [0.15, 0.2) is 35.1 Å². The number of fused-ring (bicyclic) bond motifs is 5. The summed E-state index contributed by atoms with van der Waals surface area (Å²) in [6, 6.07) is 0. The number of nitrogen functional groups attached to an aromatic ring is 2. The number of anilines is 2. The van der Waals surface area contributed by atoms with Crippen LogP contribution in [0.1, 0.15) is 18.9 Å². The van der Waals surface area contributed by atoms with Crippen LogP contribution in [0.25, 0.3) is 22.3 Å². The second kappa shape index (κ2) is 10.0. The van der Waals surface area contributed by atoms with Crippen molar-refractivity contribution in [3.63, 3.8) is 0 Å². The lowest BCUT2D eigenvalue weighted by atomic mass is 10.1. The molecule has 8 unspecified atom stereocenters. The molecule has 0 amide bonds. The number of aromatic amines is 1. The zero-order valence-corrected chi connectivity index (χ0v) is 22.3. The van der Waals surface area contributed by atoms with Gasteiger partial charge in [-0.1, -0.05) is 0 Å². The van der Waals surface area contributed by atoms with Gasteiger partial charge < -0.3 is 40.8 Å². The maximum Gasteiger partial charge on any atom is 0.472 e. The van der Waals surface area contributed by atoms with Gasteiger partial charge in [0.25, 0.3) is 5.56 Å². The molecule has 4 aromatic heterocycles. The summed E-state index contributed by atoms with van der Waals surface area (Å²) in [5.41, 5.74) is 11.5. The number of hydrogen-bond donors (Lipinski definition) is 6. The first-order valence-corrected chi connectivity index (χ1v) is 14.2. The third-order valence-electron chi connectivity index (χ3n) is 7.35. The number of phosphoric acid groups is 1. The van der Waals surface area contributed by atoms with E-state index in [0.29, 0.717) is 0 Å². The van der Waals surface area contributed by atoms with E-state index in [9.17, 15) is 24.5 Å². The number of H-pyrrole nitrogens is 1. The maximum absolute atomic E-state index is 13.1. The van der Waals surface area contributed by atoms with E-state index in [1.54, 1.807) is 0 Å². The number of nitrogens with zero attached hydrogens (tertiary/aromatic N) is 7. The number of nitrogens with two attached hydrogens (primary N) is 2. The average molecular weight is 608 g/mol. The van der Waals surface area contributed by atoms with Crippen molar-refractivity contribution in [3.05, 3.63) is 29.3 Å². The molecule has 7 rings (SSSR count). The van der Waals surface area contributed by atoms with Crippen molar-refractivity contribution in [2.24, 2.45) is 0 Å². The molecule has 0 saturated carbocycles. The number of nitrogens with one attached hydrogen (secondary N) is 1. The molecule has 3 fully saturated rings. The van der Waals surface area contributed by atoms with Crippen LogP contribution >= 0.6 is 7.82 Å². The van der Waals surface area contributed by atoms with Gasteiger partial charge in [0.05, 0.1) is 32.0 Å². The van der Waals surface area contributed by atoms with Crippen LogP contribution in [0, 0.1) is 0 Å². The Morgan fingerprint density at radius 2 is 1.69 bits per heavy atom. The fraction of sp³-hybridized carbons (Fsp3) is 0.524. The molecule has 20 nitrogen and oxygen atoms in total. The van der Waals surface area contributed by atoms with Gasteiger partial charge in [-0.25, -0.2) is 24.5 Å². The minimum atomic E-state index is -4.80. The molecule has 21 heteroatoms. The van der Waals surface area contributed by atoms with Crippen molar-refractivity contribution in [1.82, 2.24) is 39.0 Å². The Kier molecular flexibility index (Phi) is 6.49. The predicted molar refractivity (Wildman–Crippen MR) is 137 cm³/mol. The predicted octanol–water partition coefficient (Wildman–Crippen LogP) is -2.07. The standard InChI is InChI=1S/C21H25N10O10P/c22-15-11-16(25-4-24-15)30(5-26-11)20-13(33)14-10(40-20)3-38-42(35,36)41-9-1-8(7(32)2-37-14)39-19(9)31-6-27-12-17(31)28-21(23)29-18(12)34/h4-10,13-14,19-20,32-33H,1-3H2,(H,35,36)(H2,22,24,25)(H3,23,28,29,34)/t7?,8?,9-,10?,13?,14?,19?,20?/m0/s1. The summed E-state index contributed by atoms with van der Waals surface area (Å²) in [4.78, 5) is 45.6. The van der Waals surface area contributed by atoms with E-state index >= 15 is 0 Å². The average Bonchev–Trinajstić information content (AvgIpc) is 3.70. The Morgan fingerprint density at radius 1 is 0.952 bits per heavy atom. The molecule has 3 saturated heterocycles. The minimum absolute atomic E-state index is 0.0374. The van der Waals surface area contributed by atoms with E-state index in [1.807, 2.05) is 0 Å². The van der Waals surface area contributed by atoms with Crippen molar-refractivity contribution in [3.8, 4) is 0 Å². The number of phosphoric ester groups is 1. The molecule has 2 bridgehead atoms. The number of aromatic nitrogens is 8. The van der Waals surface area contributed by atoms with E-state index in [2.05, 4.69) is 29.9 Å². The smallest absolute Gasteiger partial charge is 0.388 e. The van der Waals surface area contributed by atoms with Gasteiger partial charge in [0.1, 0.15) is 42.4 Å².